The molecule has 4 nitrogen and oxygen atoms in total. The molecule has 0 aromatic carbocycles. The summed E-state index contributed by atoms with van der Waals surface area (Å²) in [7, 11) is 3.77. The zero-order chi connectivity index (χ0) is 14.9. The highest BCUT2D eigenvalue weighted by atomic mass is 16.2. The van der Waals surface area contributed by atoms with Gasteiger partial charge in [-0.2, -0.15) is 0 Å². The molecule has 1 aromatic heterocycles. The van der Waals surface area contributed by atoms with Crippen molar-refractivity contribution in [2.45, 2.75) is 32.2 Å². The number of aromatic nitrogens is 1. The fraction of sp³-hybridized carbons (Fsp3) is 0.647. The van der Waals surface area contributed by atoms with Gasteiger partial charge in [0.2, 0.25) is 5.91 Å². The average molecular weight is 287 g/mol. The Kier molecular flexibility index (Phi) is 3.98. The SMILES string of the molecule is CN(C)C(=O)[C@H]1CCC[C@]12CCN(Cc1cccnc1)C2. The quantitative estimate of drug-likeness (QED) is 0.855. The molecule has 1 aliphatic heterocycles. The lowest BCUT2D eigenvalue weighted by molar-refractivity contribution is -0.136. The van der Waals surface area contributed by atoms with E-state index in [4.69, 9.17) is 0 Å². The lowest BCUT2D eigenvalue weighted by atomic mass is 9.76. The number of hydrogen-bond acceptors (Lipinski definition) is 3. The number of rotatable bonds is 3. The van der Waals surface area contributed by atoms with Gasteiger partial charge in [-0.15, -0.1) is 0 Å². The second-order valence-electron chi connectivity index (χ2n) is 6.86. The van der Waals surface area contributed by atoms with E-state index in [-0.39, 0.29) is 11.3 Å². The minimum absolute atomic E-state index is 0.226. The van der Waals surface area contributed by atoms with Crippen molar-refractivity contribution in [2.75, 3.05) is 27.2 Å². The van der Waals surface area contributed by atoms with Crippen molar-refractivity contribution in [1.82, 2.24) is 14.8 Å². The molecule has 1 aromatic rings. The number of carbonyl (C=O) groups excluding carboxylic acids is 1. The predicted octanol–water partition coefficient (Wildman–Crippen LogP) is 2.16. The maximum absolute atomic E-state index is 12.5. The molecule has 2 heterocycles. The van der Waals surface area contributed by atoms with Gasteiger partial charge in [0.05, 0.1) is 0 Å². The third kappa shape index (κ3) is 2.82. The molecular weight excluding hydrogens is 262 g/mol. The number of pyridine rings is 1. The number of likely N-dealkylation sites (tertiary alicyclic amines) is 1. The van der Waals surface area contributed by atoms with Crippen LogP contribution in [0.25, 0.3) is 0 Å². The van der Waals surface area contributed by atoms with Crippen LogP contribution in [0.15, 0.2) is 24.5 Å². The van der Waals surface area contributed by atoms with Crippen LogP contribution < -0.4 is 0 Å². The third-order valence-corrected chi connectivity index (χ3v) is 5.24. The molecule has 1 saturated heterocycles. The largest absolute Gasteiger partial charge is 0.349 e. The number of amides is 1. The Morgan fingerprint density at radius 2 is 2.33 bits per heavy atom. The first kappa shape index (κ1) is 14.5. The van der Waals surface area contributed by atoms with Crippen LogP contribution >= 0.6 is 0 Å². The molecule has 1 spiro atoms. The zero-order valence-corrected chi connectivity index (χ0v) is 13.1. The second kappa shape index (κ2) is 5.76. The van der Waals surface area contributed by atoms with Gasteiger partial charge >= 0.3 is 0 Å². The standard InChI is InChI=1S/C17H25N3O/c1-19(2)16(21)15-6-3-7-17(15)8-10-20(13-17)12-14-5-4-9-18-11-14/h4-5,9,11,15H,3,6-8,10,12-13H2,1-2H3/t15-,17-/m1/s1. The zero-order valence-electron chi connectivity index (χ0n) is 13.1. The van der Waals surface area contributed by atoms with Crippen LogP contribution in [0.4, 0.5) is 0 Å². The molecule has 0 unspecified atom stereocenters. The lowest BCUT2D eigenvalue weighted by Crippen LogP contribution is -2.40. The van der Waals surface area contributed by atoms with E-state index in [1.165, 1.54) is 18.4 Å². The Balaban J connectivity index is 1.69. The van der Waals surface area contributed by atoms with E-state index < -0.39 is 0 Å². The monoisotopic (exact) mass is 287 g/mol. The van der Waals surface area contributed by atoms with Crippen molar-refractivity contribution < 1.29 is 4.79 Å². The Labute approximate surface area is 127 Å². The van der Waals surface area contributed by atoms with Crippen molar-refractivity contribution in [2.24, 2.45) is 11.3 Å². The summed E-state index contributed by atoms with van der Waals surface area (Å²) in [5, 5.41) is 0. The summed E-state index contributed by atoms with van der Waals surface area (Å²) in [5.74, 6) is 0.558. The molecular formula is C17H25N3O. The summed E-state index contributed by atoms with van der Waals surface area (Å²) < 4.78 is 0. The fourth-order valence-electron chi connectivity index (χ4n) is 4.19. The first-order chi connectivity index (χ1) is 10.1. The topological polar surface area (TPSA) is 36.4 Å². The third-order valence-electron chi connectivity index (χ3n) is 5.24. The Bertz CT molecular complexity index is 502. The van der Waals surface area contributed by atoms with Crippen LogP contribution in [0.5, 0.6) is 0 Å². The molecule has 3 rings (SSSR count). The normalized spacial score (nSPS) is 29.1. The molecule has 0 bridgehead atoms. The van der Waals surface area contributed by atoms with Gasteiger partial charge < -0.3 is 4.90 Å². The van der Waals surface area contributed by atoms with Crippen molar-refractivity contribution in [3.05, 3.63) is 30.1 Å². The van der Waals surface area contributed by atoms with E-state index >= 15 is 0 Å². The van der Waals surface area contributed by atoms with Crippen LogP contribution in [0.2, 0.25) is 0 Å². The highest BCUT2D eigenvalue weighted by molar-refractivity contribution is 5.79. The van der Waals surface area contributed by atoms with E-state index in [2.05, 4.69) is 16.0 Å². The summed E-state index contributed by atoms with van der Waals surface area (Å²) >= 11 is 0. The highest BCUT2D eigenvalue weighted by Gasteiger charge is 2.50. The average Bonchev–Trinajstić information content (AvgIpc) is 3.07. The summed E-state index contributed by atoms with van der Waals surface area (Å²) in [5.41, 5.74) is 1.49. The molecule has 4 heteroatoms. The van der Waals surface area contributed by atoms with Gasteiger partial charge in [0, 0.05) is 45.5 Å². The van der Waals surface area contributed by atoms with Gasteiger partial charge in [-0.1, -0.05) is 12.5 Å². The first-order valence-corrected chi connectivity index (χ1v) is 7.93. The molecule has 114 valence electrons. The Hall–Kier alpha value is -1.42. The lowest BCUT2D eigenvalue weighted by Gasteiger charge is -2.32. The number of hydrogen-bond donors (Lipinski definition) is 0. The van der Waals surface area contributed by atoms with Crippen LogP contribution in [0.1, 0.15) is 31.2 Å². The Morgan fingerprint density at radius 3 is 3.05 bits per heavy atom. The van der Waals surface area contributed by atoms with Gasteiger partial charge in [-0.3, -0.25) is 14.7 Å². The van der Waals surface area contributed by atoms with Gasteiger partial charge in [-0.05, 0) is 42.9 Å². The van der Waals surface area contributed by atoms with Crippen molar-refractivity contribution in [3.63, 3.8) is 0 Å². The van der Waals surface area contributed by atoms with Crippen LogP contribution in [-0.4, -0.2) is 47.9 Å². The van der Waals surface area contributed by atoms with Crippen LogP contribution in [0.3, 0.4) is 0 Å². The predicted molar refractivity (Wildman–Crippen MR) is 82.6 cm³/mol. The minimum Gasteiger partial charge on any atom is -0.349 e. The van der Waals surface area contributed by atoms with Gasteiger partial charge in [0.25, 0.3) is 0 Å². The fourth-order valence-corrected chi connectivity index (χ4v) is 4.19. The van der Waals surface area contributed by atoms with E-state index in [0.29, 0.717) is 5.91 Å². The van der Waals surface area contributed by atoms with Crippen molar-refractivity contribution >= 4 is 5.91 Å². The molecule has 2 atom stereocenters. The molecule has 0 N–H and O–H groups in total. The Morgan fingerprint density at radius 1 is 1.48 bits per heavy atom. The maximum Gasteiger partial charge on any atom is 0.225 e. The van der Waals surface area contributed by atoms with Crippen LogP contribution in [0, 0.1) is 11.3 Å². The summed E-state index contributed by atoms with van der Waals surface area (Å²) in [4.78, 5) is 20.9. The number of nitrogens with zero attached hydrogens (tertiary/aromatic N) is 3. The van der Waals surface area contributed by atoms with Gasteiger partial charge in [-0.25, -0.2) is 0 Å². The van der Waals surface area contributed by atoms with Crippen LogP contribution in [-0.2, 0) is 11.3 Å². The van der Waals surface area contributed by atoms with E-state index in [0.717, 1.165) is 32.5 Å². The smallest absolute Gasteiger partial charge is 0.225 e. The van der Waals surface area contributed by atoms with E-state index in [9.17, 15) is 4.79 Å². The molecule has 0 radical (unpaired) electrons. The summed E-state index contributed by atoms with van der Waals surface area (Å²) in [6, 6.07) is 4.13. The first-order valence-electron chi connectivity index (χ1n) is 7.93. The molecule has 2 fully saturated rings. The van der Waals surface area contributed by atoms with Gasteiger partial charge in [0.1, 0.15) is 0 Å². The number of carbonyl (C=O) groups is 1. The molecule has 1 amide bonds. The van der Waals surface area contributed by atoms with E-state index in [1.807, 2.05) is 32.6 Å². The van der Waals surface area contributed by atoms with Gasteiger partial charge in [0.15, 0.2) is 0 Å². The summed E-state index contributed by atoms with van der Waals surface area (Å²) in [6.07, 6.45) is 8.40. The minimum atomic E-state index is 0.226. The molecule has 1 saturated carbocycles. The molecule has 2 aliphatic rings. The second-order valence-corrected chi connectivity index (χ2v) is 6.86. The highest BCUT2D eigenvalue weighted by Crippen LogP contribution is 2.50. The summed E-state index contributed by atoms with van der Waals surface area (Å²) in [6.45, 7) is 3.12. The molecule has 1 aliphatic carbocycles. The van der Waals surface area contributed by atoms with Crippen molar-refractivity contribution in [1.29, 1.82) is 0 Å². The van der Waals surface area contributed by atoms with E-state index in [1.54, 1.807) is 4.90 Å². The maximum atomic E-state index is 12.5. The van der Waals surface area contributed by atoms with Crippen molar-refractivity contribution in [3.8, 4) is 0 Å². The molecule has 21 heavy (non-hydrogen) atoms.